The number of hydrogen-bond acceptors (Lipinski definition) is 6. The van der Waals surface area contributed by atoms with Gasteiger partial charge in [0.15, 0.2) is 10.7 Å². The average Bonchev–Trinajstić information content (AvgIpc) is 2.65. The van der Waals surface area contributed by atoms with Crippen molar-refractivity contribution in [3.8, 4) is 0 Å². The van der Waals surface area contributed by atoms with E-state index < -0.39 is 10.0 Å². The lowest BCUT2D eigenvalue weighted by molar-refractivity contribution is 0.270. The van der Waals surface area contributed by atoms with E-state index >= 15 is 0 Å². The molecule has 0 atom stereocenters. The molecule has 1 aliphatic rings. The number of anilines is 2. The third kappa shape index (κ3) is 2.44. The van der Waals surface area contributed by atoms with E-state index in [9.17, 15) is 8.42 Å². The molecule has 0 radical (unpaired) electrons. The predicted octanol–water partition coefficient (Wildman–Crippen LogP) is 1.72. The fourth-order valence-corrected chi connectivity index (χ4v) is 4.39. The molecule has 1 heterocycles. The third-order valence-electron chi connectivity index (χ3n) is 3.78. The van der Waals surface area contributed by atoms with Crippen molar-refractivity contribution in [2.75, 3.05) is 25.1 Å². The Morgan fingerprint density at radius 3 is 2.53 bits per heavy atom. The second kappa shape index (κ2) is 4.92. The van der Waals surface area contributed by atoms with Crippen LogP contribution in [-0.4, -0.2) is 36.7 Å². The molecule has 3 N–H and O–H groups in total. The summed E-state index contributed by atoms with van der Waals surface area (Å²) in [6.07, 6.45) is 4.25. The first-order chi connectivity index (χ1) is 8.82. The van der Waals surface area contributed by atoms with Crippen molar-refractivity contribution >= 4 is 32.4 Å². The van der Waals surface area contributed by atoms with Crippen LogP contribution in [-0.2, 0) is 10.0 Å². The standard InChI is InChI=1S/C11H20N4O2S2/c1-4-11(6-5-7-11)13-10-8(9(12)14-18-10)19(16,17)15(2)3/h13H,4-7H2,1-3H3,(H2,12,14). The zero-order valence-corrected chi connectivity index (χ0v) is 13.1. The minimum Gasteiger partial charge on any atom is -0.382 e. The minimum atomic E-state index is -3.57. The van der Waals surface area contributed by atoms with E-state index in [0.717, 1.165) is 35.1 Å². The van der Waals surface area contributed by atoms with Crippen LogP contribution in [0.3, 0.4) is 0 Å². The highest BCUT2D eigenvalue weighted by molar-refractivity contribution is 7.89. The number of aromatic nitrogens is 1. The van der Waals surface area contributed by atoms with Gasteiger partial charge in [-0.15, -0.1) is 0 Å². The Kier molecular flexibility index (Phi) is 3.76. The molecule has 0 aromatic carbocycles. The summed E-state index contributed by atoms with van der Waals surface area (Å²) in [6.45, 7) is 2.11. The molecule has 1 aromatic heterocycles. The van der Waals surface area contributed by atoms with Crippen LogP contribution in [0, 0.1) is 0 Å². The number of nitrogens with zero attached hydrogens (tertiary/aromatic N) is 2. The molecule has 2 rings (SSSR count). The van der Waals surface area contributed by atoms with Gasteiger partial charge in [0.25, 0.3) is 0 Å². The van der Waals surface area contributed by atoms with Crippen LogP contribution in [0.5, 0.6) is 0 Å². The number of hydrogen-bond donors (Lipinski definition) is 2. The Hall–Kier alpha value is -0.860. The van der Waals surface area contributed by atoms with Crippen molar-refractivity contribution in [3.63, 3.8) is 0 Å². The van der Waals surface area contributed by atoms with Crippen LogP contribution in [0.1, 0.15) is 32.6 Å². The minimum absolute atomic E-state index is 0.00948. The van der Waals surface area contributed by atoms with Crippen molar-refractivity contribution in [2.24, 2.45) is 0 Å². The normalized spacial score (nSPS) is 18.3. The number of nitrogens with one attached hydrogen (secondary N) is 1. The van der Waals surface area contributed by atoms with E-state index in [4.69, 9.17) is 5.73 Å². The first-order valence-electron chi connectivity index (χ1n) is 6.28. The van der Waals surface area contributed by atoms with Gasteiger partial charge in [-0.25, -0.2) is 12.7 Å². The Morgan fingerprint density at radius 2 is 2.11 bits per heavy atom. The van der Waals surface area contributed by atoms with Gasteiger partial charge in [0.05, 0.1) is 0 Å². The van der Waals surface area contributed by atoms with Crippen molar-refractivity contribution in [1.82, 2.24) is 8.68 Å². The van der Waals surface area contributed by atoms with E-state index in [2.05, 4.69) is 16.6 Å². The van der Waals surface area contributed by atoms with Crippen molar-refractivity contribution in [3.05, 3.63) is 0 Å². The second-order valence-corrected chi connectivity index (χ2v) is 7.99. The number of nitrogens with two attached hydrogens (primary N) is 1. The summed E-state index contributed by atoms with van der Waals surface area (Å²) in [7, 11) is -0.575. The third-order valence-corrected chi connectivity index (χ3v) is 6.58. The van der Waals surface area contributed by atoms with Crippen LogP contribution in [0.25, 0.3) is 0 Å². The molecule has 8 heteroatoms. The predicted molar refractivity (Wildman–Crippen MR) is 77.9 cm³/mol. The van der Waals surface area contributed by atoms with Crippen LogP contribution < -0.4 is 11.1 Å². The molecule has 1 saturated carbocycles. The Morgan fingerprint density at radius 1 is 1.47 bits per heavy atom. The lowest BCUT2D eigenvalue weighted by Crippen LogP contribution is -2.44. The first-order valence-corrected chi connectivity index (χ1v) is 8.49. The smallest absolute Gasteiger partial charge is 0.249 e. The molecule has 108 valence electrons. The topological polar surface area (TPSA) is 88.3 Å². The molecular formula is C11H20N4O2S2. The van der Waals surface area contributed by atoms with Gasteiger partial charge in [-0.2, -0.15) is 4.37 Å². The molecule has 1 aliphatic carbocycles. The fourth-order valence-electron chi connectivity index (χ4n) is 2.22. The van der Waals surface area contributed by atoms with Gasteiger partial charge in [-0.3, -0.25) is 0 Å². The van der Waals surface area contributed by atoms with Crippen molar-refractivity contribution in [1.29, 1.82) is 0 Å². The number of nitrogen functional groups attached to an aromatic ring is 1. The summed E-state index contributed by atoms with van der Waals surface area (Å²) < 4.78 is 29.7. The number of sulfonamides is 1. The zero-order chi connectivity index (χ0) is 14.3. The average molecular weight is 304 g/mol. The monoisotopic (exact) mass is 304 g/mol. The van der Waals surface area contributed by atoms with Crippen molar-refractivity contribution < 1.29 is 8.42 Å². The Bertz CT molecular complexity index is 556. The molecule has 0 spiro atoms. The van der Waals surface area contributed by atoms with Gasteiger partial charge >= 0.3 is 0 Å². The van der Waals surface area contributed by atoms with E-state index in [1.165, 1.54) is 20.5 Å². The Balaban J connectivity index is 2.38. The summed E-state index contributed by atoms with van der Waals surface area (Å²) in [5, 5.41) is 3.92. The van der Waals surface area contributed by atoms with Gasteiger partial charge in [0.2, 0.25) is 10.0 Å². The summed E-state index contributed by atoms with van der Waals surface area (Å²) in [4.78, 5) is 0.113. The van der Waals surface area contributed by atoms with Gasteiger partial charge in [-0.1, -0.05) is 6.92 Å². The van der Waals surface area contributed by atoms with Gasteiger partial charge in [0, 0.05) is 19.6 Å². The highest BCUT2D eigenvalue weighted by Gasteiger charge is 2.38. The fraction of sp³-hybridized carbons (Fsp3) is 0.727. The molecule has 0 amide bonds. The SMILES string of the molecule is CCC1(Nc2snc(N)c2S(=O)(=O)N(C)C)CCC1. The highest BCUT2D eigenvalue weighted by atomic mass is 32.2. The molecule has 1 aromatic rings. The lowest BCUT2D eigenvalue weighted by atomic mass is 9.75. The molecular weight excluding hydrogens is 284 g/mol. The lowest BCUT2D eigenvalue weighted by Gasteiger charge is -2.42. The molecule has 6 nitrogen and oxygen atoms in total. The number of rotatable bonds is 5. The van der Waals surface area contributed by atoms with E-state index in [1.807, 2.05) is 0 Å². The van der Waals surface area contributed by atoms with Crippen LogP contribution in [0.2, 0.25) is 0 Å². The molecule has 1 fully saturated rings. The van der Waals surface area contributed by atoms with E-state index in [1.54, 1.807) is 0 Å². The molecule has 0 saturated heterocycles. The van der Waals surface area contributed by atoms with Gasteiger partial charge in [-0.05, 0) is 37.2 Å². The zero-order valence-electron chi connectivity index (χ0n) is 11.4. The van der Waals surface area contributed by atoms with Crippen LogP contribution in [0.15, 0.2) is 4.90 Å². The molecule has 0 unspecified atom stereocenters. The summed E-state index contributed by atoms with van der Waals surface area (Å²) in [5.41, 5.74) is 5.75. The first kappa shape index (κ1) is 14.5. The van der Waals surface area contributed by atoms with Gasteiger partial charge < -0.3 is 11.1 Å². The quantitative estimate of drug-likeness (QED) is 0.864. The van der Waals surface area contributed by atoms with Crippen LogP contribution >= 0.6 is 11.5 Å². The maximum atomic E-state index is 12.3. The van der Waals surface area contributed by atoms with Crippen LogP contribution in [0.4, 0.5) is 10.8 Å². The maximum absolute atomic E-state index is 12.3. The molecule has 19 heavy (non-hydrogen) atoms. The van der Waals surface area contributed by atoms with Gasteiger partial charge in [0.1, 0.15) is 5.00 Å². The van der Waals surface area contributed by atoms with E-state index in [0.29, 0.717) is 5.00 Å². The van der Waals surface area contributed by atoms with Crippen molar-refractivity contribution in [2.45, 2.75) is 43.0 Å². The Labute approximate surface area is 118 Å². The maximum Gasteiger partial charge on any atom is 0.249 e. The van der Waals surface area contributed by atoms with E-state index in [-0.39, 0.29) is 16.3 Å². The molecule has 0 aliphatic heterocycles. The summed E-state index contributed by atoms with van der Waals surface area (Å²) in [6, 6.07) is 0. The second-order valence-electron chi connectivity index (χ2n) is 5.13. The summed E-state index contributed by atoms with van der Waals surface area (Å²) in [5.74, 6) is 0.0757. The largest absolute Gasteiger partial charge is 0.382 e. The highest BCUT2D eigenvalue weighted by Crippen LogP contribution is 2.42. The molecule has 0 bridgehead atoms. The summed E-state index contributed by atoms with van der Waals surface area (Å²) >= 11 is 1.12.